The van der Waals surface area contributed by atoms with Crippen LogP contribution in [0, 0.1) is 12.7 Å². The van der Waals surface area contributed by atoms with E-state index in [0.717, 1.165) is 11.5 Å². The quantitative estimate of drug-likeness (QED) is 0.799. The van der Waals surface area contributed by atoms with Crippen molar-refractivity contribution in [3.8, 4) is 11.3 Å². The zero-order valence-corrected chi connectivity index (χ0v) is 12.4. The Balaban J connectivity index is 1.66. The Kier molecular flexibility index (Phi) is 3.92. The Morgan fingerprint density at radius 1 is 1.36 bits per heavy atom. The normalized spacial score (nSPS) is 10.6. The molecule has 1 aromatic carbocycles. The fraction of sp³-hybridized carbons (Fsp3) is 0.143. The fourth-order valence-corrected chi connectivity index (χ4v) is 2.41. The van der Waals surface area contributed by atoms with E-state index in [0.29, 0.717) is 27.6 Å². The van der Waals surface area contributed by atoms with Crippen LogP contribution in [0.25, 0.3) is 11.3 Å². The van der Waals surface area contributed by atoms with E-state index in [9.17, 15) is 9.18 Å². The second-order valence-corrected chi connectivity index (χ2v) is 5.31. The molecule has 0 bridgehead atoms. The van der Waals surface area contributed by atoms with Gasteiger partial charge < -0.3 is 9.84 Å². The Hall–Kier alpha value is -2.61. The number of aromatic nitrogens is 3. The van der Waals surface area contributed by atoms with E-state index in [4.69, 9.17) is 4.52 Å². The van der Waals surface area contributed by atoms with Crippen LogP contribution >= 0.6 is 11.5 Å². The van der Waals surface area contributed by atoms with E-state index in [1.165, 1.54) is 12.1 Å². The fourth-order valence-electron chi connectivity index (χ4n) is 1.84. The molecule has 6 nitrogen and oxygen atoms in total. The predicted octanol–water partition coefficient (Wildman–Crippen LogP) is 2.57. The van der Waals surface area contributed by atoms with Crippen LogP contribution in [-0.2, 0) is 6.54 Å². The summed E-state index contributed by atoms with van der Waals surface area (Å²) in [5.74, 6) is -0.0528. The van der Waals surface area contributed by atoms with Crippen molar-refractivity contribution in [3.05, 3.63) is 52.4 Å². The van der Waals surface area contributed by atoms with Gasteiger partial charge in [-0.1, -0.05) is 9.64 Å². The monoisotopic (exact) mass is 318 g/mol. The van der Waals surface area contributed by atoms with Gasteiger partial charge in [-0.05, 0) is 42.7 Å². The van der Waals surface area contributed by atoms with Gasteiger partial charge >= 0.3 is 0 Å². The highest BCUT2D eigenvalue weighted by Gasteiger charge is 2.14. The first-order valence-corrected chi connectivity index (χ1v) is 7.19. The minimum atomic E-state index is -0.315. The Morgan fingerprint density at radius 2 is 2.14 bits per heavy atom. The van der Waals surface area contributed by atoms with Gasteiger partial charge in [0.25, 0.3) is 5.91 Å². The third-order valence-corrected chi connectivity index (χ3v) is 3.80. The van der Waals surface area contributed by atoms with Crippen LogP contribution in [0.1, 0.15) is 21.1 Å². The second kappa shape index (κ2) is 6.02. The third kappa shape index (κ3) is 3.01. The summed E-state index contributed by atoms with van der Waals surface area (Å²) in [6, 6.07) is 7.60. The molecule has 112 valence electrons. The topological polar surface area (TPSA) is 80.9 Å². The largest absolute Gasteiger partial charge is 0.356 e. The van der Waals surface area contributed by atoms with Crippen LogP contribution < -0.4 is 5.32 Å². The van der Waals surface area contributed by atoms with Crippen molar-refractivity contribution >= 4 is 17.4 Å². The van der Waals surface area contributed by atoms with Crippen LogP contribution in [0.15, 0.2) is 34.9 Å². The van der Waals surface area contributed by atoms with E-state index < -0.39 is 0 Å². The van der Waals surface area contributed by atoms with Crippen LogP contribution in [-0.4, -0.2) is 20.7 Å². The van der Waals surface area contributed by atoms with Crippen LogP contribution in [0.4, 0.5) is 4.39 Å². The zero-order chi connectivity index (χ0) is 15.5. The summed E-state index contributed by atoms with van der Waals surface area (Å²) in [7, 11) is 0. The first-order chi connectivity index (χ1) is 10.6. The van der Waals surface area contributed by atoms with E-state index in [1.807, 2.05) is 0 Å². The van der Waals surface area contributed by atoms with Crippen LogP contribution in [0.2, 0.25) is 0 Å². The maximum absolute atomic E-state index is 12.9. The van der Waals surface area contributed by atoms with E-state index in [2.05, 4.69) is 20.1 Å². The lowest BCUT2D eigenvalue weighted by Crippen LogP contribution is -2.22. The number of rotatable bonds is 4. The van der Waals surface area contributed by atoms with Gasteiger partial charge in [0, 0.05) is 11.6 Å². The molecule has 0 spiro atoms. The first-order valence-electron chi connectivity index (χ1n) is 6.42. The lowest BCUT2D eigenvalue weighted by molar-refractivity contribution is 0.0953. The predicted molar refractivity (Wildman–Crippen MR) is 77.7 cm³/mol. The molecule has 0 fully saturated rings. The Bertz CT molecular complexity index is 797. The number of nitrogens with one attached hydrogen (secondary N) is 1. The van der Waals surface area contributed by atoms with Crippen molar-refractivity contribution in [1.82, 2.24) is 20.1 Å². The van der Waals surface area contributed by atoms with Gasteiger partial charge in [-0.2, -0.15) is 0 Å². The Labute approximate surface area is 129 Å². The van der Waals surface area contributed by atoms with Crippen LogP contribution in [0.5, 0.6) is 0 Å². The van der Waals surface area contributed by atoms with Gasteiger partial charge in [0.2, 0.25) is 0 Å². The number of hydrogen-bond acceptors (Lipinski definition) is 6. The van der Waals surface area contributed by atoms with Gasteiger partial charge in [-0.25, -0.2) is 4.39 Å². The molecule has 0 aliphatic heterocycles. The average Bonchev–Trinajstić information content (AvgIpc) is 3.14. The molecule has 0 aliphatic rings. The second-order valence-electron chi connectivity index (χ2n) is 4.56. The summed E-state index contributed by atoms with van der Waals surface area (Å²) in [4.78, 5) is 12.4. The maximum atomic E-state index is 12.9. The van der Waals surface area contributed by atoms with Crippen molar-refractivity contribution < 1.29 is 13.7 Å². The number of amides is 1. The number of hydrogen-bond donors (Lipinski definition) is 1. The first kappa shape index (κ1) is 14.3. The van der Waals surface area contributed by atoms with Crippen molar-refractivity contribution in [3.63, 3.8) is 0 Å². The van der Waals surface area contributed by atoms with E-state index >= 15 is 0 Å². The molecular formula is C14H11FN4O2S. The van der Waals surface area contributed by atoms with Gasteiger partial charge in [0.15, 0.2) is 5.76 Å². The van der Waals surface area contributed by atoms with Crippen molar-refractivity contribution in [1.29, 1.82) is 0 Å². The number of benzene rings is 1. The molecule has 0 unspecified atom stereocenters. The molecule has 3 rings (SSSR count). The van der Waals surface area contributed by atoms with Gasteiger partial charge in [-0.3, -0.25) is 4.79 Å². The maximum Gasteiger partial charge on any atom is 0.265 e. The summed E-state index contributed by atoms with van der Waals surface area (Å²) in [6.07, 6.45) is 0. The highest BCUT2D eigenvalue weighted by atomic mass is 32.1. The lowest BCUT2D eigenvalue weighted by Gasteiger charge is -1.99. The molecule has 1 N–H and O–H groups in total. The number of aryl methyl sites for hydroxylation is 1. The molecule has 0 radical (unpaired) electrons. The zero-order valence-electron chi connectivity index (χ0n) is 11.5. The highest BCUT2D eigenvalue weighted by molar-refractivity contribution is 7.07. The summed E-state index contributed by atoms with van der Waals surface area (Å²) < 4.78 is 21.8. The summed E-state index contributed by atoms with van der Waals surface area (Å²) in [5.41, 5.74) is 1.88. The van der Waals surface area contributed by atoms with E-state index in [-0.39, 0.29) is 18.3 Å². The smallest absolute Gasteiger partial charge is 0.265 e. The van der Waals surface area contributed by atoms with Gasteiger partial charge in [0.05, 0.1) is 12.2 Å². The van der Waals surface area contributed by atoms with Gasteiger partial charge in [0.1, 0.15) is 16.4 Å². The molecule has 2 aromatic heterocycles. The van der Waals surface area contributed by atoms with Crippen molar-refractivity contribution in [2.75, 3.05) is 0 Å². The standard InChI is InChI=1S/C14H11FN4O2S/c1-8-13(22-19-17-8)14(20)16-7-11-6-12(21-18-11)9-2-4-10(15)5-3-9/h2-6H,7H2,1H3,(H,16,20). The van der Waals surface area contributed by atoms with Crippen molar-refractivity contribution in [2.45, 2.75) is 13.5 Å². The SMILES string of the molecule is Cc1nnsc1C(=O)NCc1cc(-c2ccc(F)cc2)on1. The number of halogens is 1. The number of carbonyl (C=O) groups is 1. The summed E-state index contributed by atoms with van der Waals surface area (Å²) in [5, 5.41) is 10.4. The number of carbonyl (C=O) groups excluding carboxylic acids is 1. The van der Waals surface area contributed by atoms with Crippen molar-refractivity contribution in [2.24, 2.45) is 0 Å². The molecule has 8 heteroatoms. The lowest BCUT2D eigenvalue weighted by atomic mass is 10.1. The molecular weight excluding hydrogens is 307 g/mol. The molecule has 3 aromatic rings. The molecule has 0 saturated heterocycles. The van der Waals surface area contributed by atoms with Gasteiger partial charge in [-0.15, -0.1) is 5.10 Å². The summed E-state index contributed by atoms with van der Waals surface area (Å²) in [6.45, 7) is 1.95. The minimum Gasteiger partial charge on any atom is -0.356 e. The summed E-state index contributed by atoms with van der Waals surface area (Å²) >= 11 is 1.04. The molecule has 0 saturated carbocycles. The molecule has 22 heavy (non-hydrogen) atoms. The van der Waals surface area contributed by atoms with Crippen LogP contribution in [0.3, 0.4) is 0 Å². The molecule has 0 atom stereocenters. The average molecular weight is 318 g/mol. The minimum absolute atomic E-state index is 0.223. The molecule has 2 heterocycles. The molecule has 1 amide bonds. The highest BCUT2D eigenvalue weighted by Crippen LogP contribution is 2.20. The third-order valence-electron chi connectivity index (χ3n) is 2.98. The Morgan fingerprint density at radius 3 is 2.82 bits per heavy atom. The molecule has 0 aliphatic carbocycles. The van der Waals surface area contributed by atoms with E-state index in [1.54, 1.807) is 25.1 Å². The number of nitrogens with zero attached hydrogens (tertiary/aromatic N) is 3.